The van der Waals surface area contributed by atoms with E-state index in [1.807, 2.05) is 0 Å². The van der Waals surface area contributed by atoms with Crippen LogP contribution in [0.5, 0.6) is 0 Å². The van der Waals surface area contributed by atoms with Crippen molar-refractivity contribution in [2.24, 2.45) is 13.0 Å². The van der Waals surface area contributed by atoms with Crippen molar-refractivity contribution in [3.05, 3.63) is 11.8 Å². The molecule has 0 aromatic carbocycles. The number of piperidine rings is 1. The molecule has 1 N–H and O–H groups in total. The smallest absolute Gasteiger partial charge is 0.317 e. The molecule has 2 rings (SSSR count). The lowest BCUT2D eigenvalue weighted by molar-refractivity contribution is 0.0117. The van der Waals surface area contributed by atoms with Gasteiger partial charge in [-0.3, -0.25) is 4.68 Å². The van der Waals surface area contributed by atoms with Gasteiger partial charge in [0.1, 0.15) is 0 Å². The summed E-state index contributed by atoms with van der Waals surface area (Å²) in [6.45, 7) is 2.40. The van der Waals surface area contributed by atoms with Crippen LogP contribution >= 0.6 is 0 Å². The molecule has 1 aromatic rings. The fourth-order valence-corrected chi connectivity index (χ4v) is 4.02. The summed E-state index contributed by atoms with van der Waals surface area (Å²) in [5.74, 6) is -1.14. The number of nitrogens with one attached hydrogen (secondary N) is 1. The largest absolute Gasteiger partial charge is 0.354 e. The van der Waals surface area contributed by atoms with E-state index in [1.54, 1.807) is 6.92 Å². The monoisotopic (exact) mass is 293 g/mol. The van der Waals surface area contributed by atoms with E-state index in [9.17, 15) is 17.2 Å². The first-order valence-corrected chi connectivity index (χ1v) is 7.59. The Morgan fingerprint density at radius 3 is 2.47 bits per heavy atom. The summed E-state index contributed by atoms with van der Waals surface area (Å²) in [6, 6.07) is 1.18. The summed E-state index contributed by atoms with van der Waals surface area (Å²) in [5, 5.41) is 2.60. The molecule has 1 aromatic heterocycles. The molecule has 0 bridgehead atoms. The van der Waals surface area contributed by atoms with Gasteiger partial charge in [-0.05, 0) is 38.9 Å². The van der Waals surface area contributed by atoms with Gasteiger partial charge in [0, 0.05) is 13.0 Å². The first kappa shape index (κ1) is 14.4. The van der Waals surface area contributed by atoms with Gasteiger partial charge < -0.3 is 5.32 Å². The van der Waals surface area contributed by atoms with Crippen molar-refractivity contribution >= 4 is 9.84 Å². The molecule has 0 unspecified atom stereocenters. The van der Waals surface area contributed by atoms with Gasteiger partial charge in [-0.15, -0.1) is 0 Å². The quantitative estimate of drug-likeness (QED) is 0.906. The predicted octanol–water partition coefficient (Wildman–Crippen LogP) is 1.09. The number of aromatic nitrogens is 2. The topological polar surface area (TPSA) is 64.0 Å². The van der Waals surface area contributed by atoms with E-state index in [1.165, 1.54) is 13.1 Å². The van der Waals surface area contributed by atoms with Crippen molar-refractivity contribution in [2.75, 3.05) is 13.1 Å². The fraction of sp³-hybridized carbons (Fsp3) is 0.727. The Labute approximate surface area is 110 Å². The van der Waals surface area contributed by atoms with Gasteiger partial charge in [-0.25, -0.2) is 8.42 Å². The van der Waals surface area contributed by atoms with Crippen molar-refractivity contribution in [3.8, 4) is 0 Å². The van der Waals surface area contributed by atoms with Crippen LogP contribution in [0.2, 0.25) is 0 Å². The Kier molecular flexibility index (Phi) is 3.65. The van der Waals surface area contributed by atoms with Crippen LogP contribution < -0.4 is 5.32 Å². The average molecular weight is 293 g/mol. The maximum absolute atomic E-state index is 14.3. The molecule has 1 fully saturated rings. The highest BCUT2D eigenvalue weighted by molar-refractivity contribution is 7.92. The van der Waals surface area contributed by atoms with Gasteiger partial charge in [-0.2, -0.15) is 13.9 Å². The second kappa shape index (κ2) is 4.82. The molecule has 0 amide bonds. The lowest BCUT2D eigenvalue weighted by atomic mass is 9.99. The minimum Gasteiger partial charge on any atom is -0.317 e. The van der Waals surface area contributed by atoms with Gasteiger partial charge in [0.15, 0.2) is 5.03 Å². The van der Waals surface area contributed by atoms with E-state index in [2.05, 4.69) is 10.4 Å². The lowest BCUT2D eigenvalue weighted by Gasteiger charge is -2.29. The highest BCUT2D eigenvalue weighted by Gasteiger charge is 2.53. The normalized spacial score (nSPS) is 18.7. The molecule has 5 nitrogen and oxygen atoms in total. The van der Waals surface area contributed by atoms with E-state index in [0.29, 0.717) is 18.8 Å². The highest BCUT2D eigenvalue weighted by atomic mass is 32.2. The van der Waals surface area contributed by atoms with E-state index in [4.69, 9.17) is 0 Å². The Bertz CT molecular complexity index is 562. The zero-order valence-electron chi connectivity index (χ0n) is 10.9. The summed E-state index contributed by atoms with van der Waals surface area (Å²) in [4.78, 5) is 0. The third kappa shape index (κ3) is 2.38. The third-order valence-electron chi connectivity index (χ3n) is 3.41. The van der Waals surface area contributed by atoms with Crippen LogP contribution in [0.15, 0.2) is 11.1 Å². The first-order valence-electron chi connectivity index (χ1n) is 6.10. The maximum Gasteiger partial charge on any atom is 0.354 e. The molecule has 1 aliphatic heterocycles. The zero-order chi connectivity index (χ0) is 14.3. The molecule has 0 saturated carbocycles. The predicted molar refractivity (Wildman–Crippen MR) is 65.7 cm³/mol. The van der Waals surface area contributed by atoms with Crippen molar-refractivity contribution in [1.29, 1.82) is 0 Å². The van der Waals surface area contributed by atoms with Crippen LogP contribution in [0.25, 0.3) is 0 Å². The zero-order valence-corrected chi connectivity index (χ0v) is 11.7. The van der Waals surface area contributed by atoms with E-state index < -0.39 is 26.0 Å². The van der Waals surface area contributed by atoms with Crippen LogP contribution in [0, 0.1) is 12.8 Å². The van der Waals surface area contributed by atoms with Gasteiger partial charge in [-0.1, -0.05) is 0 Å². The molecule has 0 aliphatic carbocycles. The van der Waals surface area contributed by atoms with Crippen molar-refractivity contribution in [1.82, 2.24) is 15.1 Å². The summed E-state index contributed by atoms with van der Waals surface area (Å²) in [6.07, 6.45) is 0.312. The van der Waals surface area contributed by atoms with E-state index in [0.717, 1.165) is 4.68 Å². The summed E-state index contributed by atoms with van der Waals surface area (Å²) >= 11 is 0. The Morgan fingerprint density at radius 2 is 2.00 bits per heavy atom. The number of alkyl halides is 2. The standard InChI is InChI=1S/C11H17F2N3O2S/c1-8-7-10(16(2)15-8)19(17,18)11(12,13)9-3-5-14-6-4-9/h7,9,14H,3-6H2,1-2H3. The highest BCUT2D eigenvalue weighted by Crippen LogP contribution is 2.39. The Morgan fingerprint density at radius 1 is 1.42 bits per heavy atom. The molecule has 0 radical (unpaired) electrons. The molecule has 19 heavy (non-hydrogen) atoms. The molecule has 8 heteroatoms. The van der Waals surface area contributed by atoms with Crippen LogP contribution in [-0.2, 0) is 16.9 Å². The average Bonchev–Trinajstić information content (AvgIpc) is 2.70. The molecule has 108 valence electrons. The van der Waals surface area contributed by atoms with E-state index >= 15 is 0 Å². The van der Waals surface area contributed by atoms with Crippen molar-refractivity contribution < 1.29 is 17.2 Å². The number of sulfone groups is 1. The van der Waals surface area contributed by atoms with Gasteiger partial charge in [0.05, 0.1) is 5.69 Å². The Balaban J connectivity index is 2.40. The molecule has 1 saturated heterocycles. The number of halogens is 2. The SMILES string of the molecule is Cc1cc(S(=O)(=O)C(F)(F)C2CCNCC2)n(C)n1. The van der Waals surface area contributed by atoms with Crippen molar-refractivity contribution in [2.45, 2.75) is 30.0 Å². The van der Waals surface area contributed by atoms with Crippen LogP contribution in [0.4, 0.5) is 8.78 Å². The second-order valence-corrected chi connectivity index (χ2v) is 6.81. The first-order chi connectivity index (χ1) is 8.76. The van der Waals surface area contributed by atoms with Crippen LogP contribution in [0.1, 0.15) is 18.5 Å². The summed E-state index contributed by atoms with van der Waals surface area (Å²) in [5.41, 5.74) is 0.405. The number of rotatable bonds is 3. The number of hydrogen-bond acceptors (Lipinski definition) is 4. The molecular formula is C11H17F2N3O2S. The van der Waals surface area contributed by atoms with E-state index in [-0.39, 0.29) is 12.8 Å². The van der Waals surface area contributed by atoms with Gasteiger partial charge in [0.2, 0.25) is 0 Å². The number of aryl methyl sites for hydroxylation is 2. The number of hydrogen-bond donors (Lipinski definition) is 1. The summed E-state index contributed by atoms with van der Waals surface area (Å²) < 4.78 is 53.9. The van der Waals surface area contributed by atoms with Gasteiger partial charge in [0.25, 0.3) is 9.84 Å². The molecule has 0 spiro atoms. The number of nitrogens with zero attached hydrogens (tertiary/aromatic N) is 2. The molecule has 0 atom stereocenters. The second-order valence-electron chi connectivity index (χ2n) is 4.84. The summed E-state index contributed by atoms with van der Waals surface area (Å²) in [7, 11) is -3.35. The fourth-order valence-electron chi connectivity index (χ4n) is 2.36. The minimum absolute atomic E-state index is 0.156. The maximum atomic E-state index is 14.3. The van der Waals surface area contributed by atoms with Gasteiger partial charge >= 0.3 is 5.25 Å². The molecule has 2 heterocycles. The van der Waals surface area contributed by atoms with Crippen molar-refractivity contribution in [3.63, 3.8) is 0 Å². The minimum atomic E-state index is -4.71. The molecule has 1 aliphatic rings. The lowest BCUT2D eigenvalue weighted by Crippen LogP contribution is -2.43. The van der Waals surface area contributed by atoms with Crippen LogP contribution in [-0.4, -0.2) is 36.5 Å². The third-order valence-corrected chi connectivity index (χ3v) is 5.39. The van der Waals surface area contributed by atoms with Crippen LogP contribution in [0.3, 0.4) is 0 Å². The Hall–Kier alpha value is -1.02. The molecular weight excluding hydrogens is 276 g/mol.